The molecular formula is C16H17BrN2OS. The van der Waals surface area contributed by atoms with E-state index in [0.29, 0.717) is 6.42 Å². The van der Waals surface area contributed by atoms with Gasteiger partial charge in [-0.3, -0.25) is 4.79 Å². The van der Waals surface area contributed by atoms with Gasteiger partial charge in [0, 0.05) is 17.6 Å². The number of benzene rings is 1. The van der Waals surface area contributed by atoms with Crippen LogP contribution in [0.5, 0.6) is 0 Å². The Morgan fingerprint density at radius 3 is 2.86 bits per heavy atom. The number of fused-ring (bicyclic) bond motifs is 1. The second kappa shape index (κ2) is 5.91. The third kappa shape index (κ3) is 2.78. The van der Waals surface area contributed by atoms with Crippen molar-refractivity contribution >= 4 is 38.9 Å². The molecular weight excluding hydrogens is 348 g/mol. The first-order valence-corrected chi connectivity index (χ1v) is 8.59. The van der Waals surface area contributed by atoms with E-state index in [-0.39, 0.29) is 11.9 Å². The van der Waals surface area contributed by atoms with Gasteiger partial charge >= 0.3 is 0 Å². The Morgan fingerprint density at radius 1 is 1.38 bits per heavy atom. The van der Waals surface area contributed by atoms with Gasteiger partial charge in [0.25, 0.3) is 0 Å². The molecule has 0 fully saturated rings. The molecule has 1 aliphatic rings. The van der Waals surface area contributed by atoms with Crippen molar-refractivity contribution in [2.45, 2.75) is 19.4 Å². The Labute approximate surface area is 137 Å². The summed E-state index contributed by atoms with van der Waals surface area (Å²) in [5, 5.41) is 3.53. The maximum atomic E-state index is 11.8. The van der Waals surface area contributed by atoms with Crippen LogP contribution in [-0.4, -0.2) is 19.5 Å². The number of carbonyl (C=O) groups excluding carboxylic acids is 1. The normalized spacial score (nSPS) is 15.4. The fourth-order valence-electron chi connectivity index (χ4n) is 2.74. The van der Waals surface area contributed by atoms with Gasteiger partial charge in [0.15, 0.2) is 0 Å². The van der Waals surface area contributed by atoms with E-state index in [2.05, 4.69) is 58.5 Å². The lowest BCUT2D eigenvalue weighted by molar-refractivity contribution is -0.117. The highest BCUT2D eigenvalue weighted by atomic mass is 79.9. The molecule has 0 bridgehead atoms. The van der Waals surface area contributed by atoms with Crippen molar-refractivity contribution in [3.8, 4) is 0 Å². The Hall–Kier alpha value is -1.17. The molecule has 1 aliphatic heterocycles. The largest absolute Gasteiger partial charge is 0.315 e. The predicted octanol–water partition coefficient (Wildman–Crippen LogP) is 3.73. The molecule has 0 saturated heterocycles. The monoisotopic (exact) mass is 364 g/mol. The summed E-state index contributed by atoms with van der Waals surface area (Å²) in [6, 6.07) is 10.7. The summed E-state index contributed by atoms with van der Waals surface area (Å²) in [5.74, 6) is 0.168. The van der Waals surface area contributed by atoms with Gasteiger partial charge in [-0.25, -0.2) is 0 Å². The van der Waals surface area contributed by atoms with Gasteiger partial charge in [0.05, 0.1) is 16.2 Å². The molecule has 3 nitrogen and oxygen atoms in total. The topological polar surface area (TPSA) is 32.3 Å². The zero-order valence-electron chi connectivity index (χ0n) is 12.0. The van der Waals surface area contributed by atoms with Crippen LogP contribution in [0.4, 0.5) is 5.69 Å². The number of likely N-dealkylation sites (N-methyl/N-ethyl adjacent to an activating group) is 1. The van der Waals surface area contributed by atoms with Gasteiger partial charge in [0.1, 0.15) is 0 Å². The first-order valence-electron chi connectivity index (χ1n) is 6.98. The molecule has 0 radical (unpaired) electrons. The number of thiophene rings is 1. The average molecular weight is 365 g/mol. The summed E-state index contributed by atoms with van der Waals surface area (Å²) in [7, 11) is 1.84. The first-order chi connectivity index (χ1) is 10.1. The van der Waals surface area contributed by atoms with Gasteiger partial charge in [-0.05, 0) is 51.8 Å². The third-order valence-corrected chi connectivity index (χ3v) is 5.49. The van der Waals surface area contributed by atoms with Crippen LogP contribution in [-0.2, 0) is 11.2 Å². The van der Waals surface area contributed by atoms with Gasteiger partial charge in [-0.15, -0.1) is 11.3 Å². The van der Waals surface area contributed by atoms with Crippen LogP contribution in [0, 0.1) is 0 Å². The van der Waals surface area contributed by atoms with Crippen LogP contribution in [0.3, 0.4) is 0 Å². The number of nitrogens with one attached hydrogen (secondary N) is 1. The number of nitrogens with zero attached hydrogens (tertiary/aromatic N) is 1. The van der Waals surface area contributed by atoms with E-state index in [1.165, 1.54) is 10.4 Å². The molecule has 1 amide bonds. The summed E-state index contributed by atoms with van der Waals surface area (Å²) < 4.78 is 1.14. The predicted molar refractivity (Wildman–Crippen MR) is 91.1 cm³/mol. The lowest BCUT2D eigenvalue weighted by atomic mass is 10.0. The molecule has 2 aromatic rings. The Kier molecular flexibility index (Phi) is 4.15. The fraction of sp³-hybridized carbons (Fsp3) is 0.312. The maximum Gasteiger partial charge on any atom is 0.231 e. The van der Waals surface area contributed by atoms with E-state index in [4.69, 9.17) is 0 Å². The van der Waals surface area contributed by atoms with Crippen molar-refractivity contribution in [1.29, 1.82) is 0 Å². The molecule has 1 aromatic carbocycles. The molecule has 1 unspecified atom stereocenters. The van der Waals surface area contributed by atoms with E-state index >= 15 is 0 Å². The standard InChI is InChI=1S/C16H17BrN2OS/c1-3-18-16(13-6-7-14(17)21-13)10-4-5-12-11(8-10)9-15(20)19(12)2/h4-8,16,18H,3,9H2,1-2H3. The maximum absolute atomic E-state index is 11.8. The van der Waals surface area contributed by atoms with Crippen molar-refractivity contribution in [1.82, 2.24) is 5.32 Å². The molecule has 0 saturated carbocycles. The number of rotatable bonds is 4. The van der Waals surface area contributed by atoms with E-state index < -0.39 is 0 Å². The molecule has 0 aliphatic carbocycles. The van der Waals surface area contributed by atoms with Gasteiger partial charge in [-0.1, -0.05) is 19.1 Å². The summed E-state index contributed by atoms with van der Waals surface area (Å²) in [6.45, 7) is 3.01. The molecule has 0 spiro atoms. The number of hydrogen-bond donors (Lipinski definition) is 1. The van der Waals surface area contributed by atoms with Crippen LogP contribution in [0.1, 0.15) is 29.0 Å². The van der Waals surface area contributed by atoms with Gasteiger partial charge in [0.2, 0.25) is 5.91 Å². The SMILES string of the molecule is CCNC(c1ccc2c(c1)CC(=O)N2C)c1ccc(Br)s1. The Balaban J connectivity index is 1.98. The lowest BCUT2D eigenvalue weighted by Gasteiger charge is -2.18. The van der Waals surface area contributed by atoms with Crippen LogP contribution in [0.25, 0.3) is 0 Å². The zero-order chi connectivity index (χ0) is 15.0. The van der Waals surface area contributed by atoms with Crippen molar-refractivity contribution < 1.29 is 4.79 Å². The molecule has 1 atom stereocenters. The number of halogens is 1. The van der Waals surface area contributed by atoms with Crippen LogP contribution in [0.2, 0.25) is 0 Å². The molecule has 5 heteroatoms. The molecule has 21 heavy (non-hydrogen) atoms. The van der Waals surface area contributed by atoms with Gasteiger partial charge < -0.3 is 10.2 Å². The Bertz CT molecular complexity index is 683. The fourth-order valence-corrected chi connectivity index (χ4v) is 4.27. The second-order valence-electron chi connectivity index (χ2n) is 5.15. The smallest absolute Gasteiger partial charge is 0.231 e. The molecule has 1 N–H and O–H groups in total. The van der Waals surface area contributed by atoms with Crippen molar-refractivity contribution in [3.63, 3.8) is 0 Å². The summed E-state index contributed by atoms with van der Waals surface area (Å²) in [6.07, 6.45) is 0.507. The van der Waals surface area contributed by atoms with Crippen molar-refractivity contribution in [2.75, 3.05) is 18.5 Å². The minimum Gasteiger partial charge on any atom is -0.315 e. The average Bonchev–Trinajstić information content (AvgIpc) is 3.01. The highest BCUT2D eigenvalue weighted by Crippen LogP contribution is 2.35. The highest BCUT2D eigenvalue weighted by molar-refractivity contribution is 9.11. The number of carbonyl (C=O) groups is 1. The van der Waals surface area contributed by atoms with Crippen molar-refractivity contribution in [3.05, 3.63) is 50.1 Å². The minimum atomic E-state index is 0.168. The second-order valence-corrected chi connectivity index (χ2v) is 7.64. The number of hydrogen-bond acceptors (Lipinski definition) is 3. The van der Waals surface area contributed by atoms with E-state index in [1.807, 2.05) is 7.05 Å². The molecule has 2 heterocycles. The highest BCUT2D eigenvalue weighted by Gasteiger charge is 2.25. The van der Waals surface area contributed by atoms with Crippen LogP contribution < -0.4 is 10.2 Å². The van der Waals surface area contributed by atoms with E-state index in [9.17, 15) is 4.79 Å². The van der Waals surface area contributed by atoms with E-state index in [0.717, 1.165) is 21.6 Å². The summed E-state index contributed by atoms with van der Waals surface area (Å²) >= 11 is 5.27. The molecule has 1 aromatic heterocycles. The summed E-state index contributed by atoms with van der Waals surface area (Å²) in [5.41, 5.74) is 3.37. The van der Waals surface area contributed by atoms with Gasteiger partial charge in [-0.2, -0.15) is 0 Å². The zero-order valence-corrected chi connectivity index (χ0v) is 14.4. The summed E-state index contributed by atoms with van der Waals surface area (Å²) in [4.78, 5) is 14.8. The third-order valence-electron chi connectivity index (χ3n) is 3.80. The van der Waals surface area contributed by atoms with Crippen LogP contribution >= 0.6 is 27.3 Å². The first kappa shape index (κ1) is 14.8. The lowest BCUT2D eigenvalue weighted by Crippen LogP contribution is -2.21. The van der Waals surface area contributed by atoms with Crippen LogP contribution in [0.15, 0.2) is 34.1 Å². The molecule has 110 valence electrons. The van der Waals surface area contributed by atoms with E-state index in [1.54, 1.807) is 16.2 Å². The number of amides is 1. The Morgan fingerprint density at radius 2 is 2.19 bits per heavy atom. The quantitative estimate of drug-likeness (QED) is 0.896. The minimum absolute atomic E-state index is 0.168. The molecule has 3 rings (SSSR count). The van der Waals surface area contributed by atoms with Crippen molar-refractivity contribution in [2.24, 2.45) is 0 Å². The number of anilines is 1.